The Labute approximate surface area is 215 Å². The second-order valence-corrected chi connectivity index (χ2v) is 10.5. The Morgan fingerprint density at radius 1 is 0.250 bits per heavy atom. The van der Waals surface area contributed by atoms with Crippen LogP contribution in [0.1, 0.15) is 70.2 Å². The van der Waals surface area contributed by atoms with Crippen LogP contribution in [0, 0.1) is 0 Å². The van der Waals surface area contributed by atoms with Crippen LogP contribution in [-0.2, 0) is 25.7 Å². The normalized spacial score (nSPS) is 20.9. The predicted molar refractivity (Wildman–Crippen MR) is 153 cm³/mol. The summed E-state index contributed by atoms with van der Waals surface area (Å²) in [6.45, 7) is 0. The SMILES string of the molecule is c1ccc2c(c1)CC/C2=C1\CCc2ccccc21.c1ccc2c(c1)CC/C2=C1\CCc2ccccc21. The standard InChI is InChI=1S/2C18H16/c2*1-3-7-15-13(5-1)9-11-17(15)18-12-10-14-6-2-4-8-16(14)18/h2*1-8H,9-12H2/b2*18-17-. The number of benzene rings is 4. The Morgan fingerprint density at radius 2 is 0.472 bits per heavy atom. The first kappa shape index (κ1) is 21.6. The number of hydrogen-bond acceptors (Lipinski definition) is 0. The van der Waals surface area contributed by atoms with Crippen molar-refractivity contribution in [3.05, 3.63) is 142 Å². The van der Waals surface area contributed by atoms with Crippen molar-refractivity contribution in [3.8, 4) is 0 Å². The quantitative estimate of drug-likeness (QED) is 0.244. The smallest absolute Gasteiger partial charge is 0.0189 e. The van der Waals surface area contributed by atoms with Gasteiger partial charge in [-0.25, -0.2) is 0 Å². The highest BCUT2D eigenvalue weighted by atomic mass is 14.3. The van der Waals surface area contributed by atoms with Gasteiger partial charge in [0.2, 0.25) is 0 Å². The number of rotatable bonds is 0. The first-order chi connectivity index (χ1) is 17.9. The summed E-state index contributed by atoms with van der Waals surface area (Å²) in [6, 6.07) is 35.7. The van der Waals surface area contributed by atoms with Crippen molar-refractivity contribution in [2.24, 2.45) is 0 Å². The van der Waals surface area contributed by atoms with E-state index in [1.807, 2.05) is 0 Å². The summed E-state index contributed by atoms with van der Waals surface area (Å²) in [7, 11) is 0. The molecule has 0 radical (unpaired) electrons. The highest BCUT2D eigenvalue weighted by Gasteiger charge is 2.25. The lowest BCUT2D eigenvalue weighted by molar-refractivity contribution is 1.06. The summed E-state index contributed by atoms with van der Waals surface area (Å²) in [5, 5.41) is 0. The number of allylic oxidation sites excluding steroid dienone is 4. The molecule has 0 spiro atoms. The van der Waals surface area contributed by atoms with Gasteiger partial charge in [0.05, 0.1) is 0 Å². The van der Waals surface area contributed by atoms with Crippen molar-refractivity contribution < 1.29 is 0 Å². The maximum atomic E-state index is 2.30. The van der Waals surface area contributed by atoms with Gasteiger partial charge in [0.15, 0.2) is 0 Å². The molecular weight excluding hydrogens is 432 g/mol. The van der Waals surface area contributed by atoms with E-state index in [-0.39, 0.29) is 0 Å². The molecule has 0 atom stereocenters. The van der Waals surface area contributed by atoms with Gasteiger partial charge in [0.25, 0.3) is 0 Å². The van der Waals surface area contributed by atoms with Crippen molar-refractivity contribution in [2.75, 3.05) is 0 Å². The fraction of sp³-hybridized carbons (Fsp3) is 0.222. The maximum absolute atomic E-state index is 2.30. The molecule has 0 heteroatoms. The Bertz CT molecular complexity index is 1300. The van der Waals surface area contributed by atoms with Crippen molar-refractivity contribution in [3.63, 3.8) is 0 Å². The monoisotopic (exact) mass is 464 g/mol. The van der Waals surface area contributed by atoms with Crippen LogP contribution in [0.4, 0.5) is 0 Å². The Morgan fingerprint density at radius 3 is 0.722 bits per heavy atom. The lowest BCUT2D eigenvalue weighted by Crippen LogP contribution is -1.85. The van der Waals surface area contributed by atoms with Crippen molar-refractivity contribution in [1.82, 2.24) is 0 Å². The molecule has 0 saturated heterocycles. The van der Waals surface area contributed by atoms with Crippen LogP contribution in [0.3, 0.4) is 0 Å². The molecule has 0 nitrogen and oxygen atoms in total. The van der Waals surface area contributed by atoms with E-state index in [2.05, 4.69) is 97.1 Å². The van der Waals surface area contributed by atoms with E-state index in [4.69, 9.17) is 0 Å². The average molecular weight is 465 g/mol. The van der Waals surface area contributed by atoms with Crippen LogP contribution >= 0.6 is 0 Å². The zero-order valence-electron chi connectivity index (χ0n) is 20.9. The third-order valence-electron chi connectivity index (χ3n) is 8.68. The topological polar surface area (TPSA) is 0 Å². The molecule has 0 unspecified atom stereocenters. The largest absolute Gasteiger partial charge is 0.0620 e. The van der Waals surface area contributed by atoms with Gasteiger partial charge < -0.3 is 0 Å². The molecule has 4 aliphatic rings. The molecule has 0 aliphatic heterocycles. The molecule has 0 amide bonds. The highest BCUT2D eigenvalue weighted by molar-refractivity contribution is 5.96. The second kappa shape index (κ2) is 9.10. The lowest BCUT2D eigenvalue weighted by Gasteiger charge is -2.07. The summed E-state index contributed by atoms with van der Waals surface area (Å²) >= 11 is 0. The summed E-state index contributed by atoms with van der Waals surface area (Å²) in [5.41, 5.74) is 18.6. The molecule has 4 aromatic rings. The predicted octanol–water partition coefficient (Wildman–Crippen LogP) is 8.98. The molecule has 36 heavy (non-hydrogen) atoms. The minimum atomic E-state index is 1.22. The van der Waals surface area contributed by atoms with Crippen LogP contribution in [-0.4, -0.2) is 0 Å². The molecule has 0 aromatic heterocycles. The van der Waals surface area contributed by atoms with Crippen LogP contribution < -0.4 is 0 Å². The highest BCUT2D eigenvalue weighted by Crippen LogP contribution is 2.44. The van der Waals surface area contributed by atoms with Crippen molar-refractivity contribution in [1.29, 1.82) is 0 Å². The van der Waals surface area contributed by atoms with Crippen LogP contribution in [0.25, 0.3) is 22.3 Å². The van der Waals surface area contributed by atoms with Gasteiger partial charge in [-0.1, -0.05) is 97.1 Å². The Balaban J connectivity index is 0.000000122. The fourth-order valence-corrected chi connectivity index (χ4v) is 6.96. The number of fused-ring (bicyclic) bond motifs is 4. The Kier molecular flexibility index (Phi) is 5.47. The van der Waals surface area contributed by atoms with Crippen LogP contribution in [0.5, 0.6) is 0 Å². The zero-order chi connectivity index (χ0) is 23.9. The van der Waals surface area contributed by atoms with Crippen LogP contribution in [0.15, 0.2) is 97.1 Å². The molecule has 8 rings (SSSR count). The van der Waals surface area contributed by atoms with E-state index in [1.54, 1.807) is 22.3 Å². The first-order valence-corrected chi connectivity index (χ1v) is 13.6. The lowest BCUT2D eigenvalue weighted by atomic mass is 9.97. The molecule has 4 aromatic carbocycles. The second-order valence-electron chi connectivity index (χ2n) is 10.5. The maximum Gasteiger partial charge on any atom is -0.0189 e. The third kappa shape index (κ3) is 3.68. The summed E-state index contributed by atoms with van der Waals surface area (Å²) in [6.07, 6.45) is 9.78. The third-order valence-corrected chi connectivity index (χ3v) is 8.68. The summed E-state index contributed by atoms with van der Waals surface area (Å²) in [4.78, 5) is 0. The van der Waals surface area contributed by atoms with Gasteiger partial charge >= 0.3 is 0 Å². The van der Waals surface area contributed by atoms with E-state index in [9.17, 15) is 0 Å². The van der Waals surface area contributed by atoms with E-state index in [1.165, 1.54) is 95.9 Å². The molecule has 0 N–H and O–H groups in total. The van der Waals surface area contributed by atoms with Crippen molar-refractivity contribution >= 4 is 22.3 Å². The van der Waals surface area contributed by atoms with Gasteiger partial charge in [0, 0.05) is 0 Å². The van der Waals surface area contributed by atoms with Crippen LogP contribution in [0.2, 0.25) is 0 Å². The van der Waals surface area contributed by atoms with Gasteiger partial charge in [0.1, 0.15) is 0 Å². The number of hydrogen-bond donors (Lipinski definition) is 0. The molecule has 0 heterocycles. The van der Waals surface area contributed by atoms with Gasteiger partial charge in [-0.3, -0.25) is 0 Å². The van der Waals surface area contributed by atoms with Gasteiger partial charge in [-0.05, 0) is 118 Å². The van der Waals surface area contributed by atoms with Crippen molar-refractivity contribution in [2.45, 2.75) is 51.4 Å². The van der Waals surface area contributed by atoms with E-state index >= 15 is 0 Å². The molecule has 0 bridgehead atoms. The molecule has 176 valence electrons. The number of aryl methyl sites for hydroxylation is 4. The summed E-state index contributed by atoms with van der Waals surface area (Å²) in [5.74, 6) is 0. The van der Waals surface area contributed by atoms with E-state index in [0.717, 1.165) is 0 Å². The first-order valence-electron chi connectivity index (χ1n) is 13.6. The van der Waals surface area contributed by atoms with Gasteiger partial charge in [-0.15, -0.1) is 0 Å². The minimum Gasteiger partial charge on any atom is -0.0620 e. The van der Waals surface area contributed by atoms with E-state index < -0.39 is 0 Å². The fourth-order valence-electron chi connectivity index (χ4n) is 6.96. The van der Waals surface area contributed by atoms with Gasteiger partial charge in [-0.2, -0.15) is 0 Å². The zero-order valence-corrected chi connectivity index (χ0v) is 20.9. The minimum absolute atomic E-state index is 1.22. The molecular formula is C36H32. The Hall–Kier alpha value is -3.64. The molecule has 0 fully saturated rings. The summed E-state index contributed by atoms with van der Waals surface area (Å²) < 4.78 is 0. The molecule has 4 aliphatic carbocycles. The average Bonchev–Trinajstić information content (AvgIpc) is 3.72. The van der Waals surface area contributed by atoms with E-state index in [0.29, 0.717) is 0 Å². The molecule has 0 saturated carbocycles.